The largest absolute Gasteiger partial charge is 0.347 e. The number of carbonyl (C=O) groups excluding carboxylic acids is 2. The zero-order valence-corrected chi connectivity index (χ0v) is 10.2. The van der Waals surface area contributed by atoms with Crippen molar-refractivity contribution >= 4 is 11.8 Å². The third kappa shape index (κ3) is 4.29. The SMILES string of the molecule is CC(C)[C@H](N)C(=O)N(C)CC(=O)N(C)C. The molecule has 0 aromatic rings. The van der Waals surface area contributed by atoms with Crippen LogP contribution in [0.25, 0.3) is 0 Å². The molecule has 0 bridgehead atoms. The van der Waals surface area contributed by atoms with E-state index < -0.39 is 6.04 Å². The van der Waals surface area contributed by atoms with Gasteiger partial charge in [0, 0.05) is 21.1 Å². The summed E-state index contributed by atoms with van der Waals surface area (Å²) in [5.74, 6) is -0.226. The van der Waals surface area contributed by atoms with Crippen LogP contribution in [0, 0.1) is 5.92 Å². The maximum atomic E-state index is 11.7. The van der Waals surface area contributed by atoms with Crippen LogP contribution in [-0.4, -0.2) is 55.3 Å². The maximum Gasteiger partial charge on any atom is 0.241 e. The number of hydrogen-bond donors (Lipinski definition) is 1. The lowest BCUT2D eigenvalue weighted by Gasteiger charge is -2.24. The Bertz CT molecular complexity index is 239. The highest BCUT2D eigenvalue weighted by Gasteiger charge is 2.22. The monoisotopic (exact) mass is 215 g/mol. The Hall–Kier alpha value is -1.10. The molecule has 5 nitrogen and oxygen atoms in total. The molecule has 0 rings (SSSR count). The lowest BCUT2D eigenvalue weighted by atomic mass is 10.0. The van der Waals surface area contributed by atoms with Gasteiger partial charge in [0.1, 0.15) is 0 Å². The Kier molecular flexibility index (Phi) is 5.28. The minimum absolute atomic E-state index is 0.0756. The summed E-state index contributed by atoms with van der Waals surface area (Å²) in [6.07, 6.45) is 0. The molecule has 0 heterocycles. The molecule has 0 saturated carbocycles. The normalized spacial score (nSPS) is 12.5. The van der Waals surface area contributed by atoms with E-state index >= 15 is 0 Å². The van der Waals surface area contributed by atoms with Crippen LogP contribution >= 0.6 is 0 Å². The lowest BCUT2D eigenvalue weighted by molar-refractivity contribution is -0.139. The molecule has 0 unspecified atom stereocenters. The van der Waals surface area contributed by atoms with Gasteiger partial charge >= 0.3 is 0 Å². The average Bonchev–Trinajstić information content (AvgIpc) is 2.14. The van der Waals surface area contributed by atoms with Crippen molar-refractivity contribution in [1.82, 2.24) is 9.80 Å². The average molecular weight is 215 g/mol. The highest BCUT2D eigenvalue weighted by atomic mass is 16.2. The summed E-state index contributed by atoms with van der Waals surface area (Å²) in [7, 11) is 4.90. The van der Waals surface area contributed by atoms with Gasteiger partial charge in [-0.2, -0.15) is 0 Å². The molecule has 0 aliphatic rings. The van der Waals surface area contributed by atoms with Crippen LogP contribution in [-0.2, 0) is 9.59 Å². The van der Waals surface area contributed by atoms with Crippen molar-refractivity contribution in [2.24, 2.45) is 11.7 Å². The van der Waals surface area contributed by atoms with Crippen LogP contribution < -0.4 is 5.73 Å². The van der Waals surface area contributed by atoms with E-state index in [-0.39, 0.29) is 24.3 Å². The van der Waals surface area contributed by atoms with Crippen molar-refractivity contribution in [3.63, 3.8) is 0 Å². The van der Waals surface area contributed by atoms with Gasteiger partial charge < -0.3 is 15.5 Å². The minimum atomic E-state index is -0.537. The van der Waals surface area contributed by atoms with Crippen molar-refractivity contribution in [1.29, 1.82) is 0 Å². The quantitative estimate of drug-likeness (QED) is 0.688. The molecule has 0 aromatic carbocycles. The van der Waals surface area contributed by atoms with Gasteiger partial charge in [-0.1, -0.05) is 13.8 Å². The number of rotatable bonds is 4. The van der Waals surface area contributed by atoms with Crippen LogP contribution in [0.3, 0.4) is 0 Å². The van der Waals surface area contributed by atoms with Crippen molar-refractivity contribution < 1.29 is 9.59 Å². The van der Waals surface area contributed by atoms with Gasteiger partial charge in [-0.15, -0.1) is 0 Å². The lowest BCUT2D eigenvalue weighted by Crippen LogP contribution is -2.47. The molecule has 88 valence electrons. The molecular weight excluding hydrogens is 194 g/mol. The first-order chi connectivity index (χ1) is 6.77. The van der Waals surface area contributed by atoms with E-state index in [1.54, 1.807) is 21.1 Å². The summed E-state index contributed by atoms with van der Waals surface area (Å²) >= 11 is 0. The van der Waals surface area contributed by atoms with Crippen LogP contribution in [0.1, 0.15) is 13.8 Å². The fourth-order valence-electron chi connectivity index (χ4n) is 0.962. The van der Waals surface area contributed by atoms with Gasteiger partial charge in [-0.3, -0.25) is 9.59 Å². The van der Waals surface area contributed by atoms with Crippen LogP contribution in [0.5, 0.6) is 0 Å². The van der Waals surface area contributed by atoms with E-state index in [0.29, 0.717) is 0 Å². The van der Waals surface area contributed by atoms with Gasteiger partial charge in [0.2, 0.25) is 11.8 Å². The van der Waals surface area contributed by atoms with E-state index in [4.69, 9.17) is 5.73 Å². The van der Waals surface area contributed by atoms with Gasteiger partial charge in [0.05, 0.1) is 12.6 Å². The van der Waals surface area contributed by atoms with E-state index in [1.165, 1.54) is 9.80 Å². The molecule has 0 aliphatic carbocycles. The molecule has 0 fully saturated rings. The molecule has 2 amide bonds. The summed E-state index contributed by atoms with van der Waals surface area (Å²) < 4.78 is 0. The fraction of sp³-hybridized carbons (Fsp3) is 0.800. The van der Waals surface area contributed by atoms with Gasteiger partial charge in [-0.05, 0) is 5.92 Å². The van der Waals surface area contributed by atoms with Gasteiger partial charge in [0.25, 0.3) is 0 Å². The fourth-order valence-corrected chi connectivity index (χ4v) is 0.962. The Morgan fingerprint density at radius 1 is 1.20 bits per heavy atom. The maximum absolute atomic E-state index is 11.7. The zero-order valence-electron chi connectivity index (χ0n) is 10.2. The Morgan fingerprint density at radius 3 is 2.00 bits per heavy atom. The van der Waals surface area contributed by atoms with Gasteiger partial charge in [-0.25, -0.2) is 0 Å². The standard InChI is InChI=1S/C10H21N3O2/c1-7(2)9(11)10(15)13(5)6-8(14)12(3)4/h7,9H,6,11H2,1-5H3/t9-/m0/s1. The first-order valence-corrected chi connectivity index (χ1v) is 4.98. The molecule has 15 heavy (non-hydrogen) atoms. The molecular formula is C10H21N3O2. The third-order valence-electron chi connectivity index (χ3n) is 2.25. The topological polar surface area (TPSA) is 66.6 Å². The van der Waals surface area contributed by atoms with Crippen LogP contribution in [0.15, 0.2) is 0 Å². The number of carbonyl (C=O) groups is 2. The summed E-state index contributed by atoms with van der Waals surface area (Å²) in [6.45, 7) is 3.83. The van der Waals surface area contributed by atoms with Crippen LogP contribution in [0.4, 0.5) is 0 Å². The van der Waals surface area contributed by atoms with E-state index in [0.717, 1.165) is 0 Å². The number of amides is 2. The number of nitrogens with two attached hydrogens (primary N) is 1. The molecule has 0 spiro atoms. The highest BCUT2D eigenvalue weighted by Crippen LogP contribution is 2.02. The van der Waals surface area contributed by atoms with Crippen molar-refractivity contribution in [3.8, 4) is 0 Å². The van der Waals surface area contributed by atoms with Crippen molar-refractivity contribution in [2.75, 3.05) is 27.7 Å². The van der Waals surface area contributed by atoms with Crippen LogP contribution in [0.2, 0.25) is 0 Å². The van der Waals surface area contributed by atoms with Crippen molar-refractivity contribution in [2.45, 2.75) is 19.9 Å². The highest BCUT2D eigenvalue weighted by molar-refractivity contribution is 5.87. The smallest absolute Gasteiger partial charge is 0.241 e. The zero-order chi connectivity index (χ0) is 12.2. The molecule has 5 heteroatoms. The predicted molar refractivity (Wildman–Crippen MR) is 59.1 cm³/mol. The number of hydrogen-bond acceptors (Lipinski definition) is 3. The molecule has 0 saturated heterocycles. The Balaban J connectivity index is 4.28. The Labute approximate surface area is 91.2 Å². The van der Waals surface area contributed by atoms with E-state index in [9.17, 15) is 9.59 Å². The van der Waals surface area contributed by atoms with Gasteiger partial charge in [0.15, 0.2) is 0 Å². The summed E-state index contributed by atoms with van der Waals surface area (Å²) in [6, 6.07) is -0.537. The molecule has 0 aromatic heterocycles. The van der Waals surface area contributed by atoms with E-state index in [2.05, 4.69) is 0 Å². The number of likely N-dealkylation sites (N-methyl/N-ethyl adjacent to an activating group) is 2. The Morgan fingerprint density at radius 2 is 1.67 bits per heavy atom. The number of nitrogens with zero attached hydrogens (tertiary/aromatic N) is 2. The summed E-state index contributed by atoms with van der Waals surface area (Å²) in [5.41, 5.74) is 5.70. The molecule has 0 radical (unpaired) electrons. The molecule has 2 N–H and O–H groups in total. The molecule has 1 atom stereocenters. The minimum Gasteiger partial charge on any atom is -0.347 e. The summed E-state index contributed by atoms with van der Waals surface area (Å²) in [5, 5.41) is 0. The first-order valence-electron chi connectivity index (χ1n) is 4.98. The molecule has 0 aliphatic heterocycles. The first kappa shape index (κ1) is 13.9. The second-order valence-corrected chi connectivity index (χ2v) is 4.25. The summed E-state index contributed by atoms with van der Waals surface area (Å²) in [4.78, 5) is 25.8. The second-order valence-electron chi connectivity index (χ2n) is 4.25. The van der Waals surface area contributed by atoms with Crippen molar-refractivity contribution in [3.05, 3.63) is 0 Å². The van der Waals surface area contributed by atoms with E-state index in [1.807, 2.05) is 13.8 Å². The second kappa shape index (κ2) is 5.70. The third-order valence-corrected chi connectivity index (χ3v) is 2.25. The predicted octanol–water partition coefficient (Wildman–Crippen LogP) is -0.484.